The molecule has 2 aromatic rings. The van der Waals surface area contributed by atoms with E-state index in [1.807, 2.05) is 0 Å². The fourth-order valence-corrected chi connectivity index (χ4v) is 2.12. The predicted octanol–water partition coefficient (Wildman–Crippen LogP) is 2.91. The molecular formula is C14H20FN3O. The molecule has 4 nitrogen and oxygen atoms in total. The van der Waals surface area contributed by atoms with Gasteiger partial charge in [0.15, 0.2) is 0 Å². The molecule has 0 unspecified atom stereocenters. The van der Waals surface area contributed by atoms with Crippen molar-refractivity contribution in [2.45, 2.75) is 26.7 Å². The summed E-state index contributed by atoms with van der Waals surface area (Å²) in [6.45, 7) is 4.91. The van der Waals surface area contributed by atoms with Gasteiger partial charge in [0, 0.05) is 12.0 Å². The number of aliphatic hydroxyl groups excluding tert-OH is 1. The molecule has 1 heterocycles. The van der Waals surface area contributed by atoms with Gasteiger partial charge in [0.05, 0.1) is 17.6 Å². The molecule has 0 aliphatic carbocycles. The monoisotopic (exact) mass is 265 g/mol. The molecule has 0 amide bonds. The quantitative estimate of drug-likeness (QED) is 0.752. The number of nitrogens with zero attached hydrogens (tertiary/aromatic N) is 1. The number of aromatic amines is 1. The molecular weight excluding hydrogens is 245 g/mol. The third kappa shape index (κ3) is 2.87. The summed E-state index contributed by atoms with van der Waals surface area (Å²) in [7, 11) is 0. The first-order valence-electron chi connectivity index (χ1n) is 6.62. The maximum Gasteiger partial charge on any atom is 0.201 e. The largest absolute Gasteiger partial charge is 0.396 e. The summed E-state index contributed by atoms with van der Waals surface area (Å²) >= 11 is 0. The number of anilines is 1. The van der Waals surface area contributed by atoms with E-state index in [4.69, 9.17) is 0 Å². The molecule has 0 atom stereocenters. The lowest BCUT2D eigenvalue weighted by molar-refractivity contribution is 0.127. The van der Waals surface area contributed by atoms with Crippen LogP contribution in [-0.4, -0.2) is 28.2 Å². The van der Waals surface area contributed by atoms with E-state index in [1.54, 1.807) is 6.07 Å². The Morgan fingerprint density at radius 1 is 1.37 bits per heavy atom. The molecule has 2 rings (SSSR count). The average Bonchev–Trinajstić information content (AvgIpc) is 2.83. The Hall–Kier alpha value is -1.62. The van der Waals surface area contributed by atoms with Gasteiger partial charge < -0.3 is 15.4 Å². The number of H-pyrrole nitrogens is 1. The summed E-state index contributed by atoms with van der Waals surface area (Å²) in [6, 6.07) is 4.46. The summed E-state index contributed by atoms with van der Waals surface area (Å²) < 4.78 is 13.1. The number of nitrogens with one attached hydrogen (secondary N) is 2. The van der Waals surface area contributed by atoms with Crippen molar-refractivity contribution in [2.75, 3.05) is 18.5 Å². The zero-order valence-electron chi connectivity index (χ0n) is 11.3. The second kappa shape index (κ2) is 5.57. The van der Waals surface area contributed by atoms with Crippen LogP contribution in [0.2, 0.25) is 0 Å². The lowest BCUT2D eigenvalue weighted by Crippen LogP contribution is -2.32. The molecule has 0 aliphatic rings. The van der Waals surface area contributed by atoms with Gasteiger partial charge in [-0.25, -0.2) is 9.37 Å². The number of halogens is 1. The van der Waals surface area contributed by atoms with Gasteiger partial charge in [0.25, 0.3) is 0 Å². The van der Waals surface area contributed by atoms with Crippen molar-refractivity contribution < 1.29 is 9.50 Å². The Bertz CT molecular complexity index is 540. The number of aromatic nitrogens is 2. The van der Waals surface area contributed by atoms with Gasteiger partial charge in [-0.15, -0.1) is 0 Å². The fraction of sp³-hybridized carbons (Fsp3) is 0.500. The highest BCUT2D eigenvalue weighted by molar-refractivity contribution is 5.77. The van der Waals surface area contributed by atoms with Crippen LogP contribution in [0.3, 0.4) is 0 Å². The van der Waals surface area contributed by atoms with Crippen molar-refractivity contribution in [1.82, 2.24) is 9.97 Å². The van der Waals surface area contributed by atoms with Crippen LogP contribution in [0.15, 0.2) is 18.2 Å². The summed E-state index contributed by atoms with van der Waals surface area (Å²) in [5.74, 6) is 0.329. The van der Waals surface area contributed by atoms with E-state index in [9.17, 15) is 9.50 Å². The topological polar surface area (TPSA) is 60.9 Å². The highest BCUT2D eigenvalue weighted by Gasteiger charge is 2.25. The van der Waals surface area contributed by atoms with Gasteiger partial charge in [0.2, 0.25) is 5.95 Å². The van der Waals surface area contributed by atoms with Crippen molar-refractivity contribution in [1.29, 1.82) is 0 Å². The number of hydrogen-bond acceptors (Lipinski definition) is 3. The Kier molecular flexibility index (Phi) is 4.04. The van der Waals surface area contributed by atoms with E-state index in [-0.39, 0.29) is 17.8 Å². The van der Waals surface area contributed by atoms with E-state index >= 15 is 0 Å². The van der Waals surface area contributed by atoms with Crippen LogP contribution in [0, 0.1) is 11.2 Å². The van der Waals surface area contributed by atoms with Gasteiger partial charge >= 0.3 is 0 Å². The van der Waals surface area contributed by atoms with Gasteiger partial charge in [0.1, 0.15) is 5.82 Å². The second-order valence-electron chi connectivity index (χ2n) is 4.97. The Morgan fingerprint density at radius 3 is 2.74 bits per heavy atom. The van der Waals surface area contributed by atoms with Crippen molar-refractivity contribution in [3.8, 4) is 0 Å². The van der Waals surface area contributed by atoms with Crippen molar-refractivity contribution in [3.63, 3.8) is 0 Å². The normalized spacial score (nSPS) is 12.0. The number of fused-ring (bicyclic) bond motifs is 1. The maximum absolute atomic E-state index is 13.1. The van der Waals surface area contributed by atoms with E-state index in [0.717, 1.165) is 18.4 Å². The van der Waals surface area contributed by atoms with Crippen molar-refractivity contribution in [3.05, 3.63) is 24.0 Å². The molecule has 0 radical (unpaired) electrons. The summed E-state index contributed by atoms with van der Waals surface area (Å²) in [6.07, 6.45) is 1.78. The van der Waals surface area contributed by atoms with Crippen LogP contribution in [-0.2, 0) is 0 Å². The van der Waals surface area contributed by atoms with Crippen molar-refractivity contribution >= 4 is 17.0 Å². The molecule has 0 aliphatic heterocycles. The molecule has 3 N–H and O–H groups in total. The van der Waals surface area contributed by atoms with Crippen LogP contribution in [0.1, 0.15) is 26.7 Å². The van der Waals surface area contributed by atoms with Gasteiger partial charge in [-0.3, -0.25) is 0 Å². The summed E-state index contributed by atoms with van der Waals surface area (Å²) in [5.41, 5.74) is 1.26. The zero-order valence-corrected chi connectivity index (χ0v) is 11.3. The Balaban J connectivity index is 2.13. The van der Waals surface area contributed by atoms with E-state index in [2.05, 4.69) is 29.1 Å². The van der Waals surface area contributed by atoms with Crippen LogP contribution in [0.5, 0.6) is 0 Å². The average molecular weight is 265 g/mol. The first-order chi connectivity index (χ1) is 9.12. The van der Waals surface area contributed by atoms with Crippen LogP contribution in [0.4, 0.5) is 10.3 Å². The molecule has 1 aromatic carbocycles. The standard InChI is InChI=1S/C14H20FN3O/c1-3-14(4-2,9-19)8-16-13-17-11-6-5-10(15)7-12(11)18-13/h5-7,19H,3-4,8-9H2,1-2H3,(H2,16,17,18). The minimum Gasteiger partial charge on any atom is -0.396 e. The van der Waals surface area contributed by atoms with Gasteiger partial charge in [-0.1, -0.05) is 13.8 Å². The summed E-state index contributed by atoms with van der Waals surface area (Å²) in [5, 5.41) is 12.7. The molecule has 0 bridgehead atoms. The van der Waals surface area contributed by atoms with Crippen LogP contribution >= 0.6 is 0 Å². The number of hydrogen-bond donors (Lipinski definition) is 3. The number of rotatable bonds is 6. The number of benzene rings is 1. The Morgan fingerprint density at radius 2 is 2.11 bits per heavy atom. The van der Waals surface area contributed by atoms with Crippen LogP contribution < -0.4 is 5.32 Å². The third-order valence-corrected chi connectivity index (χ3v) is 3.91. The second-order valence-corrected chi connectivity index (χ2v) is 4.97. The zero-order chi connectivity index (χ0) is 13.9. The minimum atomic E-state index is -0.283. The molecule has 0 spiro atoms. The highest BCUT2D eigenvalue weighted by atomic mass is 19.1. The first kappa shape index (κ1) is 13.8. The van der Waals surface area contributed by atoms with Gasteiger partial charge in [-0.2, -0.15) is 0 Å². The molecule has 104 valence electrons. The Labute approximate surface area is 112 Å². The highest BCUT2D eigenvalue weighted by Crippen LogP contribution is 2.26. The van der Waals surface area contributed by atoms with Gasteiger partial charge in [-0.05, 0) is 31.0 Å². The van der Waals surface area contributed by atoms with E-state index in [1.165, 1.54) is 12.1 Å². The number of imidazole rings is 1. The molecule has 5 heteroatoms. The minimum absolute atomic E-state index is 0.135. The maximum atomic E-state index is 13.1. The molecule has 0 fully saturated rings. The predicted molar refractivity (Wildman–Crippen MR) is 74.6 cm³/mol. The number of aliphatic hydroxyl groups is 1. The smallest absolute Gasteiger partial charge is 0.201 e. The molecule has 0 saturated heterocycles. The first-order valence-corrected chi connectivity index (χ1v) is 6.62. The SMILES string of the molecule is CCC(CC)(CO)CNc1nc2ccc(F)cc2[nH]1. The van der Waals surface area contributed by atoms with Crippen molar-refractivity contribution in [2.24, 2.45) is 5.41 Å². The van der Waals surface area contributed by atoms with E-state index < -0.39 is 0 Å². The lowest BCUT2D eigenvalue weighted by Gasteiger charge is -2.29. The molecule has 0 saturated carbocycles. The lowest BCUT2D eigenvalue weighted by atomic mass is 9.83. The fourth-order valence-electron chi connectivity index (χ4n) is 2.12. The third-order valence-electron chi connectivity index (χ3n) is 3.91. The van der Waals surface area contributed by atoms with Crippen LogP contribution in [0.25, 0.3) is 11.0 Å². The molecule has 19 heavy (non-hydrogen) atoms. The molecule has 1 aromatic heterocycles. The van der Waals surface area contributed by atoms with E-state index in [0.29, 0.717) is 18.0 Å². The summed E-state index contributed by atoms with van der Waals surface area (Å²) in [4.78, 5) is 7.38.